The predicted octanol–water partition coefficient (Wildman–Crippen LogP) is 3.58. The number of hydrogen-bond acceptors (Lipinski definition) is 7. The third-order valence-corrected chi connectivity index (χ3v) is 8.58. The third-order valence-electron chi connectivity index (χ3n) is 6.47. The second-order valence-corrected chi connectivity index (χ2v) is 11.0. The fraction of sp³-hybridized carbons (Fsp3) is 0.286. The quantitative estimate of drug-likeness (QED) is 0.278. The van der Waals surface area contributed by atoms with E-state index in [0.29, 0.717) is 41.7 Å². The van der Waals surface area contributed by atoms with Crippen molar-refractivity contribution in [1.29, 1.82) is 0 Å². The lowest BCUT2D eigenvalue weighted by atomic mass is 10.1. The molecule has 4 rings (SSSR count). The molecule has 10 heteroatoms. The normalized spacial score (nSPS) is 13.8. The van der Waals surface area contributed by atoms with Crippen LogP contribution in [0.3, 0.4) is 0 Å². The minimum atomic E-state index is -3.83. The molecule has 3 amide bonds. The third kappa shape index (κ3) is 5.91. The van der Waals surface area contributed by atoms with E-state index in [1.807, 2.05) is 0 Å². The van der Waals surface area contributed by atoms with Crippen LogP contribution >= 0.6 is 0 Å². The molecule has 0 radical (unpaired) electrons. The zero-order valence-electron chi connectivity index (χ0n) is 21.0. The van der Waals surface area contributed by atoms with Crippen LogP contribution in [-0.4, -0.2) is 56.2 Å². The molecule has 1 aromatic heterocycles. The zero-order valence-corrected chi connectivity index (χ0v) is 21.8. The highest BCUT2D eigenvalue weighted by atomic mass is 32.2. The fourth-order valence-corrected chi connectivity index (χ4v) is 6.02. The Hall–Kier alpha value is -4.05. The van der Waals surface area contributed by atoms with Gasteiger partial charge in [-0.05, 0) is 60.9 Å². The second kappa shape index (κ2) is 12.0. The van der Waals surface area contributed by atoms with Crippen LogP contribution in [-0.2, 0) is 14.6 Å². The van der Waals surface area contributed by atoms with Crippen LogP contribution in [0.2, 0.25) is 0 Å². The number of imide groups is 1. The number of hydrogen-bond donors (Lipinski definition) is 1. The molecule has 0 saturated heterocycles. The molecule has 1 N–H and O–H groups in total. The lowest BCUT2D eigenvalue weighted by Gasteiger charge is -2.19. The lowest BCUT2D eigenvalue weighted by molar-refractivity contribution is -0.121. The lowest BCUT2D eigenvalue weighted by Crippen LogP contribution is -2.32. The van der Waals surface area contributed by atoms with Gasteiger partial charge in [-0.2, -0.15) is 0 Å². The van der Waals surface area contributed by atoms with E-state index in [0.717, 1.165) is 0 Å². The number of carbonyl (C=O) groups excluding carboxylic acids is 3. The molecule has 0 saturated carbocycles. The standard InChI is InChI=1S/C28H29N3O6S/c1-37-21-12-14-22(15-13-21)38(35,36)25(20-8-7-16-29-18-20)19-30-26(32)11-3-2-6-17-31-27(33)23-9-4-5-10-24(23)28(31)34/h4-5,7-10,12-16,18,25H,2-3,6,11,17,19H2,1H3,(H,30,32). The van der Waals surface area contributed by atoms with E-state index in [-0.39, 0.29) is 42.1 Å². The number of carbonyl (C=O) groups is 3. The Morgan fingerprint density at radius 3 is 2.24 bits per heavy atom. The number of rotatable bonds is 12. The molecule has 198 valence electrons. The van der Waals surface area contributed by atoms with Crippen molar-refractivity contribution in [2.75, 3.05) is 20.2 Å². The Labute approximate surface area is 221 Å². The van der Waals surface area contributed by atoms with Crippen LogP contribution in [0.15, 0.2) is 78.0 Å². The molecule has 3 aromatic rings. The summed E-state index contributed by atoms with van der Waals surface area (Å²) in [5.41, 5.74) is 1.32. The molecule has 38 heavy (non-hydrogen) atoms. The highest BCUT2D eigenvalue weighted by Crippen LogP contribution is 2.29. The Bertz CT molecular complexity index is 1370. The number of fused-ring (bicyclic) bond motifs is 1. The van der Waals surface area contributed by atoms with Gasteiger partial charge in [0.15, 0.2) is 9.84 Å². The number of benzene rings is 2. The van der Waals surface area contributed by atoms with Crippen molar-refractivity contribution in [1.82, 2.24) is 15.2 Å². The van der Waals surface area contributed by atoms with Gasteiger partial charge in [0, 0.05) is 31.9 Å². The largest absolute Gasteiger partial charge is 0.497 e. The maximum absolute atomic E-state index is 13.4. The van der Waals surface area contributed by atoms with Crippen molar-refractivity contribution in [3.05, 3.63) is 89.7 Å². The Morgan fingerprint density at radius 2 is 1.63 bits per heavy atom. The molecule has 2 heterocycles. The Kier molecular flexibility index (Phi) is 8.52. The van der Waals surface area contributed by atoms with Gasteiger partial charge in [0.25, 0.3) is 11.8 Å². The van der Waals surface area contributed by atoms with Crippen LogP contribution in [0.1, 0.15) is 57.2 Å². The van der Waals surface area contributed by atoms with Crippen LogP contribution < -0.4 is 10.1 Å². The summed E-state index contributed by atoms with van der Waals surface area (Å²) in [5, 5.41) is 1.74. The van der Waals surface area contributed by atoms with Gasteiger partial charge in [0.05, 0.1) is 23.1 Å². The summed E-state index contributed by atoms with van der Waals surface area (Å²) in [6.45, 7) is 0.186. The summed E-state index contributed by atoms with van der Waals surface area (Å²) in [6.07, 6.45) is 4.99. The molecule has 1 unspecified atom stereocenters. The minimum Gasteiger partial charge on any atom is -0.497 e. The smallest absolute Gasteiger partial charge is 0.261 e. The summed E-state index contributed by atoms with van der Waals surface area (Å²) in [4.78, 5) is 42.8. The number of methoxy groups -OCH3 is 1. The zero-order chi connectivity index (χ0) is 27.1. The number of nitrogens with one attached hydrogen (secondary N) is 1. The van der Waals surface area contributed by atoms with Crippen LogP contribution in [0.5, 0.6) is 5.75 Å². The summed E-state index contributed by atoms with van der Waals surface area (Å²) < 4.78 is 32.0. The number of pyridine rings is 1. The SMILES string of the molecule is COc1ccc(S(=O)(=O)C(CNC(=O)CCCCCN2C(=O)c3ccccc3C2=O)c2cccnc2)cc1. The van der Waals surface area contributed by atoms with Gasteiger partial charge in [-0.3, -0.25) is 24.3 Å². The molecule has 0 fully saturated rings. The van der Waals surface area contributed by atoms with Gasteiger partial charge in [-0.15, -0.1) is 0 Å². The van der Waals surface area contributed by atoms with Gasteiger partial charge in [0.1, 0.15) is 11.0 Å². The van der Waals surface area contributed by atoms with Gasteiger partial charge in [0.2, 0.25) is 5.91 Å². The maximum Gasteiger partial charge on any atom is 0.261 e. The van der Waals surface area contributed by atoms with Crippen molar-refractivity contribution in [2.24, 2.45) is 0 Å². The molecule has 2 aromatic carbocycles. The number of unbranched alkanes of at least 4 members (excludes halogenated alkanes) is 2. The first-order valence-electron chi connectivity index (χ1n) is 12.3. The van der Waals surface area contributed by atoms with Crippen molar-refractivity contribution >= 4 is 27.6 Å². The van der Waals surface area contributed by atoms with Crippen molar-refractivity contribution in [3.8, 4) is 5.75 Å². The molecule has 0 aliphatic carbocycles. The van der Waals surface area contributed by atoms with Crippen molar-refractivity contribution < 1.29 is 27.5 Å². The van der Waals surface area contributed by atoms with E-state index in [1.165, 1.54) is 30.3 Å². The van der Waals surface area contributed by atoms with E-state index in [9.17, 15) is 22.8 Å². The van der Waals surface area contributed by atoms with E-state index < -0.39 is 15.1 Å². The average molecular weight is 536 g/mol. The fourth-order valence-electron chi connectivity index (χ4n) is 4.37. The first-order valence-corrected chi connectivity index (χ1v) is 13.9. The number of aromatic nitrogens is 1. The molecule has 9 nitrogen and oxygen atoms in total. The monoisotopic (exact) mass is 535 g/mol. The van der Waals surface area contributed by atoms with E-state index in [4.69, 9.17) is 4.74 Å². The van der Waals surface area contributed by atoms with Crippen molar-refractivity contribution in [3.63, 3.8) is 0 Å². The summed E-state index contributed by atoms with van der Waals surface area (Å²) in [7, 11) is -2.32. The first-order chi connectivity index (χ1) is 18.3. The number of nitrogens with zero attached hydrogens (tertiary/aromatic N) is 2. The van der Waals surface area contributed by atoms with Crippen LogP contribution in [0, 0.1) is 0 Å². The van der Waals surface area contributed by atoms with E-state index in [2.05, 4.69) is 10.3 Å². The van der Waals surface area contributed by atoms with Crippen LogP contribution in [0.4, 0.5) is 0 Å². The molecule has 1 atom stereocenters. The van der Waals surface area contributed by atoms with E-state index >= 15 is 0 Å². The molecule has 1 aliphatic rings. The maximum atomic E-state index is 13.4. The summed E-state index contributed by atoms with van der Waals surface area (Å²) >= 11 is 0. The highest BCUT2D eigenvalue weighted by Gasteiger charge is 2.34. The molecule has 0 bridgehead atoms. The topological polar surface area (TPSA) is 123 Å². The van der Waals surface area contributed by atoms with Gasteiger partial charge < -0.3 is 10.1 Å². The number of ether oxygens (including phenoxy) is 1. The van der Waals surface area contributed by atoms with Gasteiger partial charge in [-0.1, -0.05) is 24.6 Å². The molecular formula is C28H29N3O6S. The summed E-state index contributed by atoms with van der Waals surface area (Å²) in [6, 6.07) is 16.2. The molecule has 0 spiro atoms. The Balaban J connectivity index is 1.29. The highest BCUT2D eigenvalue weighted by molar-refractivity contribution is 7.91. The van der Waals surface area contributed by atoms with Crippen molar-refractivity contribution in [2.45, 2.75) is 35.8 Å². The van der Waals surface area contributed by atoms with Gasteiger partial charge in [-0.25, -0.2) is 8.42 Å². The second-order valence-electron chi connectivity index (χ2n) is 8.92. The van der Waals surface area contributed by atoms with Gasteiger partial charge >= 0.3 is 0 Å². The molecule has 1 aliphatic heterocycles. The molecular weight excluding hydrogens is 506 g/mol. The number of sulfone groups is 1. The Morgan fingerprint density at radius 1 is 0.947 bits per heavy atom. The van der Waals surface area contributed by atoms with E-state index in [1.54, 1.807) is 54.7 Å². The predicted molar refractivity (Wildman–Crippen MR) is 140 cm³/mol. The number of amides is 3. The minimum absolute atomic E-state index is 0.103. The first kappa shape index (κ1) is 27.0. The van der Waals surface area contributed by atoms with Crippen LogP contribution in [0.25, 0.3) is 0 Å². The summed E-state index contributed by atoms with van der Waals surface area (Å²) in [5.74, 6) is -0.312. The average Bonchev–Trinajstić information content (AvgIpc) is 3.18.